The van der Waals surface area contributed by atoms with Crippen LogP contribution in [0.4, 0.5) is 5.69 Å². The predicted molar refractivity (Wildman–Crippen MR) is 105 cm³/mol. The fourth-order valence-corrected chi connectivity index (χ4v) is 4.33. The van der Waals surface area contributed by atoms with E-state index in [2.05, 4.69) is 11.6 Å². The van der Waals surface area contributed by atoms with Gasteiger partial charge in [-0.2, -0.15) is 0 Å². The molecule has 6 nitrogen and oxygen atoms in total. The molecule has 0 saturated carbocycles. The number of amides is 1. The minimum atomic E-state index is -3.79. The van der Waals surface area contributed by atoms with Crippen LogP contribution in [0.1, 0.15) is 30.1 Å². The largest absolute Gasteiger partial charge is 0.497 e. The van der Waals surface area contributed by atoms with Gasteiger partial charge in [0.1, 0.15) is 5.75 Å². The number of nitrogens with zero attached hydrogens (tertiary/aromatic N) is 1. The van der Waals surface area contributed by atoms with Crippen molar-refractivity contribution in [3.63, 3.8) is 0 Å². The molecule has 1 fully saturated rings. The third-order valence-corrected chi connectivity index (χ3v) is 6.06. The van der Waals surface area contributed by atoms with Crippen LogP contribution >= 0.6 is 0 Å². The lowest BCUT2D eigenvalue weighted by Crippen LogP contribution is -2.39. The number of hydrogen-bond donors (Lipinski definition) is 1. The molecule has 2 aromatic carbocycles. The zero-order valence-corrected chi connectivity index (χ0v) is 16.3. The van der Waals surface area contributed by atoms with Crippen LogP contribution in [0.2, 0.25) is 0 Å². The normalized spacial score (nSPS) is 17.4. The molecule has 0 spiro atoms. The second kappa shape index (κ2) is 8.00. The maximum atomic E-state index is 12.8. The van der Waals surface area contributed by atoms with E-state index >= 15 is 0 Å². The van der Waals surface area contributed by atoms with Crippen LogP contribution in [0.15, 0.2) is 53.4 Å². The lowest BCUT2D eigenvalue weighted by atomic mass is 9.99. The van der Waals surface area contributed by atoms with Gasteiger partial charge in [0.05, 0.1) is 12.0 Å². The van der Waals surface area contributed by atoms with Crippen molar-refractivity contribution in [2.75, 3.05) is 24.9 Å². The minimum Gasteiger partial charge on any atom is -0.497 e. The number of benzene rings is 2. The average molecular weight is 388 g/mol. The summed E-state index contributed by atoms with van der Waals surface area (Å²) < 4.78 is 33.0. The van der Waals surface area contributed by atoms with Crippen molar-refractivity contribution in [3.05, 3.63) is 54.1 Å². The Morgan fingerprint density at radius 2 is 1.93 bits per heavy atom. The van der Waals surface area contributed by atoms with Crippen LogP contribution in [0.25, 0.3) is 0 Å². The summed E-state index contributed by atoms with van der Waals surface area (Å²) in [6.07, 6.45) is 2.09. The van der Waals surface area contributed by atoms with Gasteiger partial charge in [-0.05, 0) is 61.2 Å². The van der Waals surface area contributed by atoms with E-state index in [1.165, 1.54) is 12.1 Å². The highest BCUT2D eigenvalue weighted by atomic mass is 32.2. The number of sulfonamides is 1. The summed E-state index contributed by atoms with van der Waals surface area (Å²) in [5.41, 5.74) is 0.819. The topological polar surface area (TPSA) is 75.7 Å². The number of hydrogen-bond acceptors (Lipinski definition) is 4. The molecule has 0 aromatic heterocycles. The van der Waals surface area contributed by atoms with Gasteiger partial charge in [-0.25, -0.2) is 8.42 Å². The average Bonchev–Trinajstić information content (AvgIpc) is 2.68. The second-order valence-corrected chi connectivity index (χ2v) is 8.54. The summed E-state index contributed by atoms with van der Waals surface area (Å²) in [5.74, 6) is 0.982. The monoisotopic (exact) mass is 388 g/mol. The first kappa shape index (κ1) is 19.2. The third-order valence-electron chi connectivity index (χ3n) is 4.68. The van der Waals surface area contributed by atoms with E-state index in [-0.39, 0.29) is 10.8 Å². The number of nitrogens with one attached hydrogen (secondary N) is 1. The van der Waals surface area contributed by atoms with E-state index in [9.17, 15) is 13.2 Å². The number of carbonyl (C=O) groups excluding carboxylic acids is 1. The van der Waals surface area contributed by atoms with Gasteiger partial charge in [0.15, 0.2) is 0 Å². The third kappa shape index (κ3) is 4.60. The fraction of sp³-hybridized carbons (Fsp3) is 0.350. The lowest BCUT2D eigenvalue weighted by Gasteiger charge is -2.31. The number of piperidine rings is 1. The number of ether oxygens (including phenoxy) is 1. The molecular weight excluding hydrogens is 364 g/mol. The number of likely N-dealkylation sites (tertiary alicyclic amines) is 1. The first-order valence-electron chi connectivity index (χ1n) is 8.95. The highest BCUT2D eigenvalue weighted by molar-refractivity contribution is 7.92. The second-order valence-electron chi connectivity index (χ2n) is 6.86. The Bertz CT molecular complexity index is 910. The Hall–Kier alpha value is -2.54. The van der Waals surface area contributed by atoms with Gasteiger partial charge in [0, 0.05) is 24.3 Å². The Balaban J connectivity index is 1.79. The minimum absolute atomic E-state index is 0.0641. The quantitative estimate of drug-likeness (QED) is 0.852. The molecule has 0 bridgehead atoms. The van der Waals surface area contributed by atoms with Crippen molar-refractivity contribution < 1.29 is 17.9 Å². The van der Waals surface area contributed by atoms with Crippen molar-refractivity contribution in [1.82, 2.24) is 4.90 Å². The molecule has 1 saturated heterocycles. The SMILES string of the molecule is COc1ccc(NS(=O)(=O)c2cccc(C(=O)N3CCC[C@@H](C)C3)c2)cc1. The number of rotatable bonds is 5. The molecule has 1 heterocycles. The molecule has 27 heavy (non-hydrogen) atoms. The maximum absolute atomic E-state index is 12.8. The number of anilines is 1. The van der Waals surface area contributed by atoms with Gasteiger partial charge in [-0.3, -0.25) is 9.52 Å². The van der Waals surface area contributed by atoms with Crippen molar-refractivity contribution in [2.45, 2.75) is 24.7 Å². The van der Waals surface area contributed by atoms with E-state index < -0.39 is 10.0 Å². The zero-order chi connectivity index (χ0) is 19.4. The first-order chi connectivity index (χ1) is 12.9. The summed E-state index contributed by atoms with van der Waals surface area (Å²) in [7, 11) is -2.25. The molecule has 1 amide bonds. The summed E-state index contributed by atoms with van der Waals surface area (Å²) in [6.45, 7) is 3.54. The zero-order valence-electron chi connectivity index (χ0n) is 15.5. The Kier molecular flexibility index (Phi) is 5.70. The van der Waals surface area contributed by atoms with Crippen LogP contribution in [-0.4, -0.2) is 39.4 Å². The summed E-state index contributed by atoms with van der Waals surface area (Å²) in [6, 6.07) is 12.8. The Morgan fingerprint density at radius 3 is 2.59 bits per heavy atom. The van der Waals surface area contributed by atoms with E-state index in [0.29, 0.717) is 36.0 Å². The maximum Gasteiger partial charge on any atom is 0.261 e. The van der Waals surface area contributed by atoms with Gasteiger partial charge < -0.3 is 9.64 Å². The van der Waals surface area contributed by atoms with Crippen molar-refractivity contribution >= 4 is 21.6 Å². The molecule has 0 aliphatic carbocycles. The first-order valence-corrected chi connectivity index (χ1v) is 10.4. The Labute approximate surface area is 160 Å². The number of methoxy groups -OCH3 is 1. The van der Waals surface area contributed by atoms with Gasteiger partial charge in [0.25, 0.3) is 15.9 Å². The van der Waals surface area contributed by atoms with Gasteiger partial charge in [-0.1, -0.05) is 13.0 Å². The highest BCUT2D eigenvalue weighted by Gasteiger charge is 2.23. The van der Waals surface area contributed by atoms with Crippen molar-refractivity contribution in [1.29, 1.82) is 0 Å². The molecule has 7 heteroatoms. The van der Waals surface area contributed by atoms with Crippen molar-refractivity contribution in [2.24, 2.45) is 5.92 Å². The summed E-state index contributed by atoms with van der Waals surface area (Å²) in [4.78, 5) is 14.6. The van der Waals surface area contributed by atoms with Crippen LogP contribution in [0.3, 0.4) is 0 Å². The van der Waals surface area contributed by atoms with Crippen LogP contribution in [-0.2, 0) is 10.0 Å². The van der Waals surface area contributed by atoms with E-state index in [1.54, 1.807) is 48.4 Å². The van der Waals surface area contributed by atoms with E-state index in [1.807, 2.05) is 0 Å². The molecule has 0 radical (unpaired) electrons. The van der Waals surface area contributed by atoms with Gasteiger partial charge >= 0.3 is 0 Å². The van der Waals surface area contributed by atoms with E-state index in [4.69, 9.17) is 4.74 Å². The lowest BCUT2D eigenvalue weighted by molar-refractivity contribution is 0.0683. The molecule has 0 unspecified atom stereocenters. The molecule has 144 valence electrons. The Morgan fingerprint density at radius 1 is 1.19 bits per heavy atom. The van der Waals surface area contributed by atoms with E-state index in [0.717, 1.165) is 12.8 Å². The fourth-order valence-electron chi connectivity index (χ4n) is 3.23. The molecular formula is C20H24N2O4S. The standard InChI is InChI=1S/C20H24N2O4S/c1-15-5-4-12-22(14-15)20(23)16-6-3-7-19(13-16)27(24,25)21-17-8-10-18(26-2)11-9-17/h3,6-11,13,15,21H,4-5,12,14H2,1-2H3/t15-/m1/s1. The van der Waals surface area contributed by atoms with Crippen molar-refractivity contribution in [3.8, 4) is 5.75 Å². The summed E-state index contributed by atoms with van der Waals surface area (Å²) in [5, 5.41) is 0. The number of carbonyl (C=O) groups is 1. The molecule has 1 atom stereocenters. The molecule has 1 aliphatic heterocycles. The van der Waals surface area contributed by atoms with Crippen LogP contribution < -0.4 is 9.46 Å². The predicted octanol–water partition coefficient (Wildman–Crippen LogP) is 3.37. The smallest absolute Gasteiger partial charge is 0.261 e. The summed E-state index contributed by atoms with van der Waals surface area (Å²) >= 11 is 0. The molecule has 3 rings (SSSR count). The highest BCUT2D eigenvalue weighted by Crippen LogP contribution is 2.22. The molecule has 1 aliphatic rings. The van der Waals surface area contributed by atoms with Gasteiger partial charge in [-0.15, -0.1) is 0 Å². The molecule has 1 N–H and O–H groups in total. The van der Waals surface area contributed by atoms with Crippen LogP contribution in [0, 0.1) is 5.92 Å². The van der Waals surface area contributed by atoms with Gasteiger partial charge in [0.2, 0.25) is 0 Å². The molecule has 2 aromatic rings. The van der Waals surface area contributed by atoms with Crippen LogP contribution in [0.5, 0.6) is 5.75 Å².